The summed E-state index contributed by atoms with van der Waals surface area (Å²) in [6.07, 6.45) is -3.13. The highest BCUT2D eigenvalue weighted by molar-refractivity contribution is 5.99. The van der Waals surface area contributed by atoms with Crippen LogP contribution < -0.4 is 87.2 Å². The van der Waals surface area contributed by atoms with Crippen LogP contribution in [0.5, 0.6) is 0 Å². The number of carbonyl (C=O) groups is 11. The fourth-order valence-electron chi connectivity index (χ4n) is 8.52. The van der Waals surface area contributed by atoms with Crippen LogP contribution in [0.15, 0.2) is 30.3 Å². The van der Waals surface area contributed by atoms with Gasteiger partial charge in [-0.1, -0.05) is 56.5 Å². The molecule has 24 N–H and O–H groups in total. The van der Waals surface area contributed by atoms with Gasteiger partial charge >= 0.3 is 0 Å². The molecule has 1 aliphatic heterocycles. The van der Waals surface area contributed by atoms with E-state index < -0.39 is 157 Å². The van der Waals surface area contributed by atoms with Gasteiger partial charge in [0.15, 0.2) is 0 Å². The van der Waals surface area contributed by atoms with Crippen LogP contribution in [0.4, 0.5) is 0 Å². The highest BCUT2D eigenvalue weighted by atomic mass is 16.3. The van der Waals surface area contributed by atoms with Crippen molar-refractivity contribution in [2.24, 2.45) is 28.7 Å². The number of carbonyl (C=O) groups excluding carboxylic acids is 11. The summed E-state index contributed by atoms with van der Waals surface area (Å²) in [5, 5.41) is 59.5. The van der Waals surface area contributed by atoms with Crippen LogP contribution in [0.1, 0.15) is 104 Å². The van der Waals surface area contributed by atoms with Gasteiger partial charge in [0.25, 0.3) is 0 Å². The SMILES string of the molecule is CCCCCCC(=O)N[C@@H](CCN)C(=O)N[C@H](C(=O)N[C@H](CCN)C(=O)N[C@H]1CCNC(=O)[C@H]([C@@H](C)O)NC(=O)[C@H](CCN)NC(=O)[C@H](CCN)NC(=O)[C@H]([C@@H](C)O)NC(=O)C(Cc2ccccc2)NC(=O)[C@H](CCN)NC1=O)[C@@H](C)O. The average molecular weight is 1160 g/mol. The Morgan fingerprint density at radius 1 is 0.549 bits per heavy atom. The molecule has 462 valence electrons. The van der Waals surface area contributed by atoms with Crippen LogP contribution in [-0.4, -0.2) is 198 Å². The molecule has 11 amide bonds. The second-order valence-corrected chi connectivity index (χ2v) is 20.1. The third kappa shape index (κ3) is 24.7. The lowest BCUT2D eigenvalue weighted by Crippen LogP contribution is -2.62. The van der Waals surface area contributed by atoms with E-state index in [-0.39, 0.29) is 77.7 Å². The predicted molar refractivity (Wildman–Crippen MR) is 299 cm³/mol. The maximum absolute atomic E-state index is 14.5. The molecule has 13 atom stereocenters. The Balaban J connectivity index is 2.68. The summed E-state index contributed by atoms with van der Waals surface area (Å²) >= 11 is 0. The van der Waals surface area contributed by atoms with Crippen molar-refractivity contribution in [1.29, 1.82) is 0 Å². The van der Waals surface area contributed by atoms with E-state index in [2.05, 4.69) is 58.5 Å². The summed E-state index contributed by atoms with van der Waals surface area (Å²) in [4.78, 5) is 152. The lowest BCUT2D eigenvalue weighted by atomic mass is 10.0. The molecular weight excluding hydrogens is 1070 g/mol. The van der Waals surface area contributed by atoms with Crippen molar-refractivity contribution in [2.75, 3.05) is 39.3 Å². The zero-order chi connectivity index (χ0) is 61.5. The van der Waals surface area contributed by atoms with E-state index in [1.807, 2.05) is 6.92 Å². The van der Waals surface area contributed by atoms with E-state index in [0.29, 0.717) is 12.0 Å². The monoisotopic (exact) mass is 1160 g/mol. The number of aliphatic hydroxyl groups is 3. The zero-order valence-corrected chi connectivity index (χ0v) is 47.3. The topological polar surface area (TPSA) is 511 Å². The van der Waals surface area contributed by atoms with Gasteiger partial charge < -0.3 is 102 Å². The number of benzene rings is 1. The minimum Gasteiger partial charge on any atom is -0.391 e. The molecule has 1 aromatic carbocycles. The van der Waals surface area contributed by atoms with Crippen LogP contribution in [0.3, 0.4) is 0 Å². The molecular formula is C52H90N16O14. The lowest BCUT2D eigenvalue weighted by Gasteiger charge is -2.29. The highest BCUT2D eigenvalue weighted by Gasteiger charge is 2.38. The minimum absolute atomic E-state index is 0.0236. The van der Waals surface area contributed by atoms with E-state index in [1.54, 1.807) is 30.3 Å². The molecule has 2 rings (SSSR count). The molecule has 0 radical (unpaired) electrons. The van der Waals surface area contributed by atoms with E-state index >= 15 is 0 Å². The van der Waals surface area contributed by atoms with Crippen molar-refractivity contribution < 1.29 is 68.1 Å². The molecule has 1 saturated heterocycles. The summed E-state index contributed by atoms with van der Waals surface area (Å²) in [5.74, 6) is -10.5. The third-order valence-corrected chi connectivity index (χ3v) is 13.2. The first-order valence-corrected chi connectivity index (χ1v) is 27.9. The predicted octanol–water partition coefficient (Wildman–Crippen LogP) is -7.55. The average Bonchev–Trinajstić information content (AvgIpc) is 3.43. The number of aliphatic hydroxyl groups excluding tert-OH is 3. The Bertz CT molecular complexity index is 2250. The van der Waals surface area contributed by atoms with Crippen LogP contribution in [0, 0.1) is 0 Å². The highest BCUT2D eigenvalue weighted by Crippen LogP contribution is 2.10. The van der Waals surface area contributed by atoms with Crippen molar-refractivity contribution in [3.05, 3.63) is 35.9 Å². The zero-order valence-electron chi connectivity index (χ0n) is 47.3. The summed E-state index contributed by atoms with van der Waals surface area (Å²) in [6, 6.07) is -7.34. The maximum atomic E-state index is 14.5. The molecule has 0 aromatic heterocycles. The van der Waals surface area contributed by atoms with Gasteiger partial charge in [-0.2, -0.15) is 0 Å². The molecule has 0 aliphatic carbocycles. The Kier molecular flexibility index (Phi) is 32.9. The van der Waals surface area contributed by atoms with Gasteiger partial charge in [-0.05, 0) is 104 Å². The van der Waals surface area contributed by atoms with Crippen LogP contribution in [0.25, 0.3) is 0 Å². The minimum atomic E-state index is -1.77. The number of amides is 11. The largest absolute Gasteiger partial charge is 0.391 e. The van der Waals surface area contributed by atoms with Crippen molar-refractivity contribution in [3.63, 3.8) is 0 Å². The van der Waals surface area contributed by atoms with Gasteiger partial charge in [-0.3, -0.25) is 52.7 Å². The van der Waals surface area contributed by atoms with Gasteiger partial charge in [0.2, 0.25) is 65.0 Å². The fraction of sp³-hybridized carbons (Fsp3) is 0.673. The molecule has 1 aliphatic rings. The quantitative estimate of drug-likeness (QED) is 0.0364. The van der Waals surface area contributed by atoms with Crippen LogP contribution >= 0.6 is 0 Å². The van der Waals surface area contributed by atoms with E-state index in [9.17, 15) is 68.1 Å². The number of hydrogen-bond acceptors (Lipinski definition) is 19. The number of unbranched alkanes of at least 4 members (excludes halogenated alkanes) is 3. The Labute approximate surface area is 477 Å². The summed E-state index contributed by atoms with van der Waals surface area (Å²) < 4.78 is 0. The lowest BCUT2D eigenvalue weighted by molar-refractivity contribution is -0.137. The fourth-order valence-corrected chi connectivity index (χ4v) is 8.52. The van der Waals surface area contributed by atoms with Gasteiger partial charge in [0, 0.05) is 19.4 Å². The Hall–Kier alpha value is -6.93. The van der Waals surface area contributed by atoms with Gasteiger partial charge in [0.1, 0.15) is 60.4 Å². The van der Waals surface area contributed by atoms with Gasteiger partial charge in [0.05, 0.1) is 18.3 Å². The summed E-state index contributed by atoms with van der Waals surface area (Å²) in [6.45, 7) is 4.22. The molecule has 1 unspecified atom stereocenters. The molecule has 0 saturated carbocycles. The second kappa shape index (κ2) is 38.0. The van der Waals surface area contributed by atoms with Gasteiger partial charge in [-0.25, -0.2) is 0 Å². The molecule has 30 heteroatoms. The molecule has 1 heterocycles. The normalized spacial score (nSPS) is 23.2. The molecule has 1 aromatic rings. The van der Waals surface area contributed by atoms with E-state index in [4.69, 9.17) is 28.7 Å². The Morgan fingerprint density at radius 2 is 1.02 bits per heavy atom. The summed E-state index contributed by atoms with van der Waals surface area (Å²) in [5.41, 5.74) is 29.6. The molecule has 0 spiro atoms. The Morgan fingerprint density at radius 3 is 1.52 bits per heavy atom. The number of nitrogens with one attached hydrogen (secondary N) is 11. The standard InChI is InChI=1S/C52H90N16O14/c1-5-6-7-11-14-39(72)59-32(15-21-53)47(77)67-41(29(3)70)51(81)64-35(18-24-56)44(74)62-37-20-26-58-50(80)40(28(2)69)66-48(78)36(19-25-57)61-43(73)34(17-23-55)63-52(82)42(30(4)71)68-49(79)38(27-31-12-9-8-10-13-31)65-45(75)33(16-22-54)60-46(37)76/h8-10,12-13,28-30,32-38,40-42,69-71H,5-7,11,14-27,53-57H2,1-4H3,(H,58,80)(H,59,72)(H,60,76)(H,61,73)(H,62,74)(H,63,82)(H,64,81)(H,65,75)(H,66,78)(H,67,77)(H,68,79)/t28-,29-,30-,32+,33+,34+,35-,36+,37+,38?,40+,41+,42+/m1/s1. The first kappa shape index (κ1) is 71.2. The molecule has 30 nitrogen and oxygen atoms in total. The number of nitrogens with two attached hydrogens (primary N) is 5. The smallest absolute Gasteiger partial charge is 0.245 e. The van der Waals surface area contributed by atoms with Crippen LogP contribution in [0.2, 0.25) is 0 Å². The second-order valence-electron chi connectivity index (χ2n) is 20.1. The van der Waals surface area contributed by atoms with Crippen LogP contribution in [-0.2, 0) is 59.2 Å². The van der Waals surface area contributed by atoms with Gasteiger partial charge in [-0.15, -0.1) is 0 Å². The van der Waals surface area contributed by atoms with Crippen molar-refractivity contribution in [2.45, 2.75) is 183 Å². The number of rotatable bonds is 27. The number of hydrogen-bond donors (Lipinski definition) is 19. The van der Waals surface area contributed by atoms with Crippen molar-refractivity contribution in [3.8, 4) is 0 Å². The van der Waals surface area contributed by atoms with Crippen molar-refractivity contribution >= 4 is 65.0 Å². The molecule has 0 bridgehead atoms. The third-order valence-electron chi connectivity index (χ3n) is 13.2. The molecule has 1 fully saturated rings. The van der Waals surface area contributed by atoms with Crippen molar-refractivity contribution in [1.82, 2.24) is 58.5 Å². The summed E-state index contributed by atoms with van der Waals surface area (Å²) in [7, 11) is 0. The molecule has 82 heavy (non-hydrogen) atoms. The van der Waals surface area contributed by atoms with E-state index in [0.717, 1.165) is 19.3 Å². The first-order valence-electron chi connectivity index (χ1n) is 27.9. The first-order chi connectivity index (χ1) is 39.0. The van der Waals surface area contributed by atoms with E-state index in [1.165, 1.54) is 20.8 Å². The maximum Gasteiger partial charge on any atom is 0.245 e.